The maximum atomic E-state index is 10.5. The number of amides is 1. The summed E-state index contributed by atoms with van der Waals surface area (Å²) in [4.78, 5) is 23.0. The predicted molar refractivity (Wildman–Crippen MR) is 55.9 cm³/mol. The van der Waals surface area contributed by atoms with Crippen molar-refractivity contribution >= 4 is 12.4 Å². The van der Waals surface area contributed by atoms with Crippen LogP contribution in [-0.2, 0) is 4.79 Å². The number of nitrogens with one attached hydrogen (secondary N) is 1. The SMILES string of the molecule is O=CC1CCN(CCCNC(=O)O)CC1. The molecule has 1 aliphatic rings. The quantitative estimate of drug-likeness (QED) is 0.518. The van der Waals surface area contributed by atoms with Crippen LogP contribution in [0.4, 0.5) is 4.79 Å². The second kappa shape index (κ2) is 6.40. The molecule has 0 aromatic heterocycles. The highest BCUT2D eigenvalue weighted by atomic mass is 16.4. The van der Waals surface area contributed by atoms with Crippen LogP contribution in [0.25, 0.3) is 0 Å². The number of hydrogen-bond acceptors (Lipinski definition) is 3. The van der Waals surface area contributed by atoms with Gasteiger partial charge in [0.25, 0.3) is 0 Å². The third kappa shape index (κ3) is 4.78. The molecule has 15 heavy (non-hydrogen) atoms. The van der Waals surface area contributed by atoms with Gasteiger partial charge in [-0.1, -0.05) is 0 Å². The summed E-state index contributed by atoms with van der Waals surface area (Å²) in [6, 6.07) is 0. The Kier molecular flexibility index (Phi) is 5.10. The first kappa shape index (κ1) is 12.0. The summed E-state index contributed by atoms with van der Waals surface area (Å²) < 4.78 is 0. The van der Waals surface area contributed by atoms with Gasteiger partial charge in [0.15, 0.2) is 0 Å². The van der Waals surface area contributed by atoms with Gasteiger partial charge in [0.05, 0.1) is 0 Å². The van der Waals surface area contributed by atoms with Gasteiger partial charge >= 0.3 is 6.09 Å². The number of aldehydes is 1. The molecular weight excluding hydrogens is 196 g/mol. The fourth-order valence-corrected chi connectivity index (χ4v) is 1.81. The van der Waals surface area contributed by atoms with E-state index in [1.165, 1.54) is 0 Å². The number of carbonyl (C=O) groups is 2. The molecule has 2 N–H and O–H groups in total. The Morgan fingerprint density at radius 2 is 2.13 bits per heavy atom. The van der Waals surface area contributed by atoms with Crippen LogP contribution in [0.1, 0.15) is 19.3 Å². The molecule has 0 radical (unpaired) electrons. The highest BCUT2D eigenvalue weighted by Crippen LogP contribution is 2.14. The lowest BCUT2D eigenvalue weighted by atomic mass is 9.98. The summed E-state index contributed by atoms with van der Waals surface area (Å²) in [5, 5.41) is 10.7. The monoisotopic (exact) mass is 214 g/mol. The molecule has 0 atom stereocenters. The van der Waals surface area contributed by atoms with E-state index in [1.807, 2.05) is 0 Å². The summed E-state index contributed by atoms with van der Waals surface area (Å²) >= 11 is 0. The first-order valence-corrected chi connectivity index (χ1v) is 5.37. The van der Waals surface area contributed by atoms with Gasteiger partial charge < -0.3 is 20.1 Å². The molecule has 0 bridgehead atoms. The third-order valence-electron chi connectivity index (χ3n) is 2.75. The van der Waals surface area contributed by atoms with Crippen molar-refractivity contribution in [2.75, 3.05) is 26.2 Å². The number of piperidine rings is 1. The van der Waals surface area contributed by atoms with Crippen LogP contribution < -0.4 is 5.32 Å². The normalized spacial score (nSPS) is 18.7. The molecular formula is C10H18N2O3. The van der Waals surface area contributed by atoms with Crippen LogP contribution in [0, 0.1) is 5.92 Å². The Balaban J connectivity index is 2.03. The molecule has 0 aromatic rings. The lowest BCUT2D eigenvalue weighted by Crippen LogP contribution is -2.36. The maximum Gasteiger partial charge on any atom is 0.404 e. The van der Waals surface area contributed by atoms with Crippen molar-refractivity contribution in [3.8, 4) is 0 Å². The van der Waals surface area contributed by atoms with E-state index in [2.05, 4.69) is 10.2 Å². The number of hydrogen-bond donors (Lipinski definition) is 2. The van der Waals surface area contributed by atoms with Crippen LogP contribution in [0.2, 0.25) is 0 Å². The van der Waals surface area contributed by atoms with Gasteiger partial charge in [0.2, 0.25) is 0 Å². The Morgan fingerprint density at radius 1 is 1.47 bits per heavy atom. The fourth-order valence-electron chi connectivity index (χ4n) is 1.81. The van der Waals surface area contributed by atoms with Crippen molar-refractivity contribution in [3.05, 3.63) is 0 Å². The zero-order valence-corrected chi connectivity index (χ0v) is 8.82. The van der Waals surface area contributed by atoms with Gasteiger partial charge in [-0.25, -0.2) is 4.79 Å². The zero-order chi connectivity index (χ0) is 11.1. The fraction of sp³-hybridized carbons (Fsp3) is 0.800. The molecule has 1 rings (SSSR count). The zero-order valence-electron chi connectivity index (χ0n) is 8.82. The molecule has 5 heteroatoms. The van der Waals surface area contributed by atoms with Gasteiger partial charge in [-0.05, 0) is 38.9 Å². The lowest BCUT2D eigenvalue weighted by molar-refractivity contribution is -0.112. The van der Waals surface area contributed by atoms with Gasteiger partial charge in [-0.15, -0.1) is 0 Å². The van der Waals surface area contributed by atoms with E-state index >= 15 is 0 Å². The van der Waals surface area contributed by atoms with Crippen molar-refractivity contribution in [1.82, 2.24) is 10.2 Å². The molecule has 0 aromatic carbocycles. The third-order valence-corrected chi connectivity index (χ3v) is 2.75. The van der Waals surface area contributed by atoms with Crippen molar-refractivity contribution < 1.29 is 14.7 Å². The number of nitrogens with zero attached hydrogens (tertiary/aromatic N) is 1. The van der Waals surface area contributed by atoms with E-state index in [0.29, 0.717) is 6.54 Å². The summed E-state index contributed by atoms with van der Waals surface area (Å²) in [6.45, 7) is 3.32. The molecule has 0 unspecified atom stereocenters. The van der Waals surface area contributed by atoms with Crippen molar-refractivity contribution in [3.63, 3.8) is 0 Å². The Morgan fingerprint density at radius 3 is 2.67 bits per heavy atom. The van der Waals surface area contributed by atoms with E-state index in [0.717, 1.165) is 45.2 Å². The minimum Gasteiger partial charge on any atom is -0.465 e. The standard InChI is InChI=1S/C10H18N2O3/c13-8-9-2-6-12(7-3-9)5-1-4-11-10(14)15/h8-9,11H,1-7H2,(H,14,15). The summed E-state index contributed by atoms with van der Waals surface area (Å²) in [7, 11) is 0. The van der Waals surface area contributed by atoms with E-state index in [9.17, 15) is 9.59 Å². The summed E-state index contributed by atoms with van der Waals surface area (Å²) in [5.74, 6) is 0.235. The largest absolute Gasteiger partial charge is 0.465 e. The molecule has 0 aliphatic carbocycles. The van der Waals surface area contributed by atoms with Crippen molar-refractivity contribution in [2.45, 2.75) is 19.3 Å². The van der Waals surface area contributed by atoms with Crippen LogP contribution in [-0.4, -0.2) is 48.6 Å². The molecule has 1 amide bonds. The van der Waals surface area contributed by atoms with Crippen LogP contribution in [0.3, 0.4) is 0 Å². The Hall–Kier alpha value is -1.10. The Labute approximate surface area is 89.4 Å². The second-order valence-corrected chi connectivity index (χ2v) is 3.90. The molecule has 1 saturated heterocycles. The second-order valence-electron chi connectivity index (χ2n) is 3.90. The summed E-state index contributed by atoms with van der Waals surface area (Å²) in [6.07, 6.45) is 2.79. The van der Waals surface area contributed by atoms with E-state index in [1.54, 1.807) is 0 Å². The van der Waals surface area contributed by atoms with Crippen LogP contribution in [0.5, 0.6) is 0 Å². The topological polar surface area (TPSA) is 69.6 Å². The first-order chi connectivity index (χ1) is 7.22. The molecule has 1 aliphatic heterocycles. The van der Waals surface area contributed by atoms with Crippen LogP contribution in [0.15, 0.2) is 0 Å². The van der Waals surface area contributed by atoms with Gasteiger partial charge in [0, 0.05) is 12.5 Å². The number of carbonyl (C=O) groups excluding carboxylic acids is 1. The van der Waals surface area contributed by atoms with Gasteiger partial charge in [-0.3, -0.25) is 0 Å². The number of rotatable bonds is 5. The number of likely N-dealkylation sites (tertiary alicyclic amines) is 1. The molecule has 5 nitrogen and oxygen atoms in total. The van der Waals surface area contributed by atoms with E-state index < -0.39 is 6.09 Å². The van der Waals surface area contributed by atoms with Gasteiger partial charge in [-0.2, -0.15) is 0 Å². The molecule has 1 heterocycles. The van der Waals surface area contributed by atoms with E-state index in [-0.39, 0.29) is 5.92 Å². The lowest BCUT2D eigenvalue weighted by Gasteiger charge is -2.29. The summed E-state index contributed by atoms with van der Waals surface area (Å²) in [5.41, 5.74) is 0. The van der Waals surface area contributed by atoms with E-state index in [4.69, 9.17) is 5.11 Å². The molecule has 1 fully saturated rings. The highest BCUT2D eigenvalue weighted by molar-refractivity contribution is 5.64. The first-order valence-electron chi connectivity index (χ1n) is 5.37. The van der Waals surface area contributed by atoms with Gasteiger partial charge in [0.1, 0.15) is 6.29 Å². The molecule has 86 valence electrons. The highest BCUT2D eigenvalue weighted by Gasteiger charge is 2.17. The van der Waals surface area contributed by atoms with Crippen molar-refractivity contribution in [2.24, 2.45) is 5.92 Å². The smallest absolute Gasteiger partial charge is 0.404 e. The maximum absolute atomic E-state index is 10.5. The Bertz CT molecular complexity index is 213. The average molecular weight is 214 g/mol. The van der Waals surface area contributed by atoms with Crippen LogP contribution >= 0.6 is 0 Å². The average Bonchev–Trinajstić information content (AvgIpc) is 2.25. The minimum absolute atomic E-state index is 0.235. The molecule has 0 spiro atoms. The minimum atomic E-state index is -0.963. The number of carboxylic acid groups (broad SMARTS) is 1. The molecule has 0 saturated carbocycles. The predicted octanol–water partition coefficient (Wildman–Crippen LogP) is 0.555. The van der Waals surface area contributed by atoms with Crippen molar-refractivity contribution in [1.29, 1.82) is 0 Å².